The first kappa shape index (κ1) is 55.3. The summed E-state index contributed by atoms with van der Waals surface area (Å²) in [6.45, 7) is 11.2. The molecule has 404 valence electrons. The normalized spacial score (nSPS) is 13.9. The molecule has 0 N–H and O–H groups in total. The molecule has 2 aromatic heterocycles. The van der Waals surface area contributed by atoms with Crippen molar-refractivity contribution in [2.75, 3.05) is 66.0 Å². The number of piperidine rings is 1. The molecule has 0 spiro atoms. The van der Waals surface area contributed by atoms with Crippen molar-refractivity contribution in [2.45, 2.75) is 71.3 Å². The van der Waals surface area contributed by atoms with Gasteiger partial charge in [-0.2, -0.15) is 0 Å². The maximum absolute atomic E-state index is 13.4. The van der Waals surface area contributed by atoms with Crippen LogP contribution >= 0.6 is 11.6 Å². The molecule has 10 rings (SSSR count). The summed E-state index contributed by atoms with van der Waals surface area (Å²) in [5.74, 6) is 5.07. The van der Waals surface area contributed by atoms with Gasteiger partial charge in [0.25, 0.3) is 0 Å². The van der Waals surface area contributed by atoms with Crippen LogP contribution in [-0.4, -0.2) is 103 Å². The first-order valence-corrected chi connectivity index (χ1v) is 27.7. The monoisotopic (exact) mass is 1070 g/mol. The van der Waals surface area contributed by atoms with Gasteiger partial charge in [0.05, 0.1) is 49.6 Å². The number of unbranched alkanes of at least 4 members (excludes halogenated alkanes) is 2. The number of rotatable bonds is 22. The van der Waals surface area contributed by atoms with Crippen LogP contribution in [0.1, 0.15) is 94.3 Å². The molecule has 0 aliphatic carbocycles. The van der Waals surface area contributed by atoms with Gasteiger partial charge in [-0.25, -0.2) is 0 Å². The van der Waals surface area contributed by atoms with Gasteiger partial charge in [-0.1, -0.05) is 83.9 Å². The number of ether oxygens (including phenoxy) is 6. The Labute approximate surface area is 463 Å². The van der Waals surface area contributed by atoms with Crippen LogP contribution in [0.3, 0.4) is 0 Å². The molecule has 2 aliphatic heterocycles. The van der Waals surface area contributed by atoms with Crippen LogP contribution in [0.15, 0.2) is 146 Å². The fraction of sp³-hybridized carbons (Fsp3) is 0.323. The fourth-order valence-electron chi connectivity index (χ4n) is 10.1. The predicted octanol–water partition coefficient (Wildman–Crippen LogP) is 14.3. The Morgan fingerprint density at radius 3 is 1.46 bits per heavy atom. The van der Waals surface area contributed by atoms with E-state index in [9.17, 15) is 9.59 Å². The molecule has 4 heterocycles. The highest BCUT2D eigenvalue weighted by atomic mass is 35.5. The number of carbonyl (C=O) groups excluding carboxylic acids is 2. The van der Waals surface area contributed by atoms with Crippen LogP contribution in [0.5, 0.6) is 46.0 Å². The van der Waals surface area contributed by atoms with Crippen LogP contribution < -0.4 is 28.4 Å². The number of nitrogens with zero attached hydrogens (tertiary/aromatic N) is 4. The molecule has 12 nitrogen and oxygen atoms in total. The van der Waals surface area contributed by atoms with Gasteiger partial charge >= 0.3 is 0 Å². The number of halogens is 1. The molecule has 2 fully saturated rings. The largest absolute Gasteiger partial charge is 0.493 e. The molecule has 2 aliphatic rings. The highest BCUT2D eigenvalue weighted by molar-refractivity contribution is 6.17. The Bertz CT molecular complexity index is 3290. The Morgan fingerprint density at radius 1 is 0.526 bits per heavy atom. The van der Waals surface area contributed by atoms with E-state index in [1.807, 2.05) is 129 Å². The number of benzene rings is 6. The molecule has 13 heteroatoms. The first-order chi connectivity index (χ1) is 38.2. The van der Waals surface area contributed by atoms with Gasteiger partial charge in [-0.3, -0.25) is 19.6 Å². The lowest BCUT2D eigenvalue weighted by Gasteiger charge is -2.36. The molecule has 0 unspecified atom stereocenters. The summed E-state index contributed by atoms with van der Waals surface area (Å²) in [6, 6.07) is 41.6. The minimum atomic E-state index is -0.0946. The number of ketones is 2. The standard InChI is InChI=1S/C37H43N3O4.C28H26ClNO4/c1-27-12-13-33(31(24-27)37(41)28-10-4-3-5-11-28)44-34-14-17-38-32-26-36(35(42-2)25-30(32)34)43-23-9-8-18-39-21-15-29(16-22-39)40-19-6-7-20-40;1-19-10-11-24(22(16-19)28(31)20-8-4-3-5-9-20)34-25-12-14-30-23-18-27(33-15-7-6-13-29)26(32-2)17-21(23)25/h3-5,10-14,17,24-26,29H,6-9,15-16,18-23H2,1-2H3;3-5,8-12,14,16-18H,6-7,13,15H2,1-2H3. The summed E-state index contributed by atoms with van der Waals surface area (Å²) >= 11 is 5.75. The van der Waals surface area contributed by atoms with E-state index in [4.69, 9.17) is 40.0 Å². The smallest absolute Gasteiger partial charge is 0.196 e. The average molecular weight is 1070 g/mol. The van der Waals surface area contributed by atoms with E-state index in [1.54, 1.807) is 44.8 Å². The van der Waals surface area contributed by atoms with Crippen LogP contribution in [0, 0.1) is 13.8 Å². The third-order valence-corrected chi connectivity index (χ3v) is 14.6. The zero-order valence-corrected chi connectivity index (χ0v) is 45.9. The SMILES string of the molecule is COc1cc2c(Oc3ccc(C)cc3C(=O)c3ccccc3)ccnc2cc1OCCCCCl.COc1cc2c(Oc3ccc(C)cc3C(=O)c3ccccc3)ccnc2cc1OCCCCN1CCC(N2CCCC2)CC1. The average Bonchev–Trinajstić information content (AvgIpc) is 4.08. The number of fused-ring (bicyclic) bond motifs is 2. The minimum Gasteiger partial charge on any atom is -0.493 e. The van der Waals surface area contributed by atoms with Crippen molar-refractivity contribution in [3.8, 4) is 46.0 Å². The second-order valence-electron chi connectivity index (χ2n) is 19.9. The molecule has 0 bridgehead atoms. The molecule has 2 saturated heterocycles. The number of hydrogen-bond acceptors (Lipinski definition) is 12. The topological polar surface area (TPSA) is 122 Å². The lowest BCUT2D eigenvalue weighted by Crippen LogP contribution is -2.44. The third-order valence-electron chi connectivity index (χ3n) is 14.4. The maximum atomic E-state index is 13.4. The lowest BCUT2D eigenvalue weighted by atomic mass is 10.0. The number of aryl methyl sites for hydroxylation is 2. The summed E-state index contributed by atoms with van der Waals surface area (Å²) < 4.78 is 36.1. The van der Waals surface area contributed by atoms with Crippen molar-refractivity contribution in [3.05, 3.63) is 179 Å². The number of pyridine rings is 2. The number of hydrogen-bond donors (Lipinski definition) is 0. The van der Waals surface area contributed by atoms with Crippen LogP contribution in [0.4, 0.5) is 0 Å². The number of likely N-dealkylation sites (tertiary alicyclic amines) is 2. The van der Waals surface area contributed by atoms with E-state index in [1.165, 1.54) is 51.9 Å². The lowest BCUT2D eigenvalue weighted by molar-refractivity contribution is 0.102. The Balaban J connectivity index is 0.000000196. The zero-order valence-electron chi connectivity index (χ0n) is 45.2. The number of carbonyl (C=O) groups is 2. The van der Waals surface area contributed by atoms with Crippen LogP contribution in [0.25, 0.3) is 21.8 Å². The second-order valence-corrected chi connectivity index (χ2v) is 20.2. The quantitative estimate of drug-likeness (QED) is 0.0365. The Hall–Kier alpha value is -7.51. The van der Waals surface area contributed by atoms with Crippen molar-refractivity contribution in [3.63, 3.8) is 0 Å². The molecule has 0 saturated carbocycles. The van der Waals surface area contributed by atoms with Gasteiger partial charge in [0.1, 0.15) is 23.0 Å². The van der Waals surface area contributed by atoms with Crippen molar-refractivity contribution in [2.24, 2.45) is 0 Å². The van der Waals surface area contributed by atoms with Gasteiger partial charge in [-0.15, -0.1) is 11.6 Å². The third kappa shape index (κ3) is 14.0. The second kappa shape index (κ2) is 27.2. The van der Waals surface area contributed by atoms with Crippen molar-refractivity contribution < 1.29 is 38.0 Å². The highest BCUT2D eigenvalue weighted by Crippen LogP contribution is 2.40. The van der Waals surface area contributed by atoms with Gasteiger partial charge in [0, 0.05) is 58.3 Å². The molecule has 0 amide bonds. The molecular weight excluding hydrogens is 1000 g/mol. The van der Waals surface area contributed by atoms with E-state index in [2.05, 4.69) is 19.8 Å². The van der Waals surface area contributed by atoms with Gasteiger partial charge in [0.2, 0.25) is 0 Å². The number of aromatic nitrogens is 2. The van der Waals surface area contributed by atoms with E-state index in [0.29, 0.717) is 92.9 Å². The summed E-state index contributed by atoms with van der Waals surface area (Å²) in [4.78, 5) is 41.0. The van der Waals surface area contributed by atoms with E-state index in [0.717, 1.165) is 65.7 Å². The zero-order chi connectivity index (χ0) is 54.2. The van der Waals surface area contributed by atoms with E-state index < -0.39 is 0 Å². The highest BCUT2D eigenvalue weighted by Gasteiger charge is 2.26. The van der Waals surface area contributed by atoms with Crippen molar-refractivity contribution in [1.82, 2.24) is 19.8 Å². The number of alkyl halides is 1. The van der Waals surface area contributed by atoms with E-state index in [-0.39, 0.29) is 11.6 Å². The molecule has 6 aromatic carbocycles. The van der Waals surface area contributed by atoms with Crippen LogP contribution in [0.2, 0.25) is 0 Å². The molecule has 78 heavy (non-hydrogen) atoms. The molecule has 8 aromatic rings. The molecular formula is C65H69ClN4O8. The van der Waals surface area contributed by atoms with Gasteiger partial charge in [0.15, 0.2) is 34.6 Å². The van der Waals surface area contributed by atoms with Crippen LogP contribution in [-0.2, 0) is 0 Å². The summed E-state index contributed by atoms with van der Waals surface area (Å²) in [5.41, 5.74) is 5.65. The van der Waals surface area contributed by atoms with E-state index >= 15 is 0 Å². The molecule has 0 radical (unpaired) electrons. The summed E-state index contributed by atoms with van der Waals surface area (Å²) in [5, 5.41) is 1.54. The van der Waals surface area contributed by atoms with Crippen molar-refractivity contribution in [1.29, 1.82) is 0 Å². The Kier molecular flexibility index (Phi) is 19.3. The fourth-order valence-corrected chi connectivity index (χ4v) is 10.3. The minimum absolute atomic E-state index is 0.0810. The van der Waals surface area contributed by atoms with Gasteiger partial charge < -0.3 is 38.2 Å². The number of methoxy groups -OCH3 is 2. The maximum Gasteiger partial charge on any atom is 0.196 e. The first-order valence-electron chi connectivity index (χ1n) is 27.2. The van der Waals surface area contributed by atoms with Gasteiger partial charge in [-0.05, 0) is 146 Å². The summed E-state index contributed by atoms with van der Waals surface area (Å²) in [6.07, 6.45) is 12.6. The van der Waals surface area contributed by atoms with Crippen molar-refractivity contribution >= 4 is 45.0 Å². The summed E-state index contributed by atoms with van der Waals surface area (Å²) in [7, 11) is 3.24. The molecule has 0 atom stereocenters. The Morgan fingerprint density at radius 2 is 1.00 bits per heavy atom. The predicted molar refractivity (Wildman–Crippen MR) is 309 cm³/mol.